The normalized spacial score (nSPS) is 32.8. The molecule has 0 bridgehead atoms. The number of anilines is 1. The summed E-state index contributed by atoms with van der Waals surface area (Å²) < 4.78 is 12.0. The molecule has 0 aromatic heterocycles. The second-order valence-electron chi connectivity index (χ2n) is 10.3. The predicted molar refractivity (Wildman–Crippen MR) is 137 cm³/mol. The number of nitrogens with zero attached hydrogens (tertiary/aromatic N) is 3. The summed E-state index contributed by atoms with van der Waals surface area (Å²) in [6.07, 6.45) is 8.65. The minimum atomic E-state index is -1.29. The molecular formula is C28H35N3O6. The van der Waals surface area contributed by atoms with E-state index >= 15 is 0 Å². The summed E-state index contributed by atoms with van der Waals surface area (Å²) in [6, 6.07) is 6.24. The zero-order chi connectivity index (χ0) is 26.4. The molecule has 1 spiro atoms. The fourth-order valence-corrected chi connectivity index (χ4v) is 6.52. The van der Waals surface area contributed by atoms with E-state index in [1.165, 1.54) is 4.90 Å². The van der Waals surface area contributed by atoms with Crippen LogP contribution in [0.5, 0.6) is 5.75 Å². The highest BCUT2D eigenvalue weighted by Gasteiger charge is 2.74. The van der Waals surface area contributed by atoms with E-state index in [1.807, 2.05) is 50.3 Å². The summed E-state index contributed by atoms with van der Waals surface area (Å²) >= 11 is 0. The van der Waals surface area contributed by atoms with Gasteiger partial charge in [-0.3, -0.25) is 14.4 Å². The predicted octanol–water partition coefficient (Wildman–Crippen LogP) is 1.76. The fourth-order valence-electron chi connectivity index (χ4n) is 6.52. The second kappa shape index (κ2) is 9.61. The number of benzene rings is 1. The van der Waals surface area contributed by atoms with Gasteiger partial charge in [0.05, 0.1) is 24.5 Å². The molecule has 4 heterocycles. The van der Waals surface area contributed by atoms with Gasteiger partial charge in [-0.05, 0) is 44.0 Å². The van der Waals surface area contributed by atoms with Gasteiger partial charge in [0, 0.05) is 38.5 Å². The van der Waals surface area contributed by atoms with Crippen LogP contribution < -0.4 is 9.64 Å². The van der Waals surface area contributed by atoms with Crippen LogP contribution in [0.15, 0.2) is 48.6 Å². The van der Waals surface area contributed by atoms with Gasteiger partial charge in [0.25, 0.3) is 5.91 Å². The highest BCUT2D eigenvalue weighted by atomic mass is 16.5. The van der Waals surface area contributed by atoms with Crippen molar-refractivity contribution in [3.63, 3.8) is 0 Å². The number of likely N-dealkylation sites (tertiary alicyclic amines) is 1. The molecule has 5 atom stereocenters. The van der Waals surface area contributed by atoms with Gasteiger partial charge < -0.3 is 29.3 Å². The quantitative estimate of drug-likeness (QED) is 0.563. The van der Waals surface area contributed by atoms with Gasteiger partial charge in [-0.2, -0.15) is 0 Å². The third-order valence-electron chi connectivity index (χ3n) is 8.08. The maximum atomic E-state index is 14.3. The molecule has 9 nitrogen and oxygen atoms in total. The molecule has 0 radical (unpaired) electrons. The van der Waals surface area contributed by atoms with Crippen LogP contribution in [-0.4, -0.2) is 89.8 Å². The van der Waals surface area contributed by atoms with Crippen molar-refractivity contribution in [1.29, 1.82) is 0 Å². The summed E-state index contributed by atoms with van der Waals surface area (Å²) in [5, 5.41) is 9.55. The molecule has 5 rings (SSSR count). The standard InChI is InChI=1S/C28H35N3O6/c1-4-14-29-15-5-12-27(2)21(24(29)33)22-25(34)31(17-7-18-32)23-26(35)30(16-6-13-28(22,23)37-27)19-8-10-20(36-3)11-9-19/h5-6,8-13,21-23,32H,4,7,14-18H2,1-3H3/t21-,22-,23?,27+,28-/m0/s1. The Morgan fingerprint density at radius 1 is 1.00 bits per heavy atom. The van der Waals surface area contributed by atoms with E-state index in [4.69, 9.17) is 9.47 Å². The van der Waals surface area contributed by atoms with Crippen molar-refractivity contribution >= 4 is 23.4 Å². The summed E-state index contributed by atoms with van der Waals surface area (Å²) in [7, 11) is 1.58. The van der Waals surface area contributed by atoms with Crippen LogP contribution in [0, 0.1) is 11.8 Å². The molecule has 198 valence electrons. The average Bonchev–Trinajstić information content (AvgIpc) is 3.16. The Morgan fingerprint density at radius 2 is 1.73 bits per heavy atom. The summed E-state index contributed by atoms with van der Waals surface area (Å²) in [5.74, 6) is -1.59. The van der Waals surface area contributed by atoms with E-state index in [-0.39, 0.29) is 30.9 Å². The number of carbonyl (C=O) groups excluding carboxylic acids is 3. The van der Waals surface area contributed by atoms with Gasteiger partial charge in [0.2, 0.25) is 11.8 Å². The molecular weight excluding hydrogens is 474 g/mol. The first kappa shape index (κ1) is 25.5. The van der Waals surface area contributed by atoms with Gasteiger partial charge in [0.15, 0.2) is 0 Å². The smallest absolute Gasteiger partial charge is 0.253 e. The lowest BCUT2D eigenvalue weighted by Gasteiger charge is -2.37. The Labute approximate surface area is 217 Å². The number of fused-ring (bicyclic) bond motifs is 2. The van der Waals surface area contributed by atoms with Crippen LogP contribution in [0.4, 0.5) is 5.69 Å². The van der Waals surface area contributed by atoms with Crippen molar-refractivity contribution in [1.82, 2.24) is 9.80 Å². The highest BCUT2D eigenvalue weighted by Crippen LogP contribution is 2.57. The highest BCUT2D eigenvalue weighted by molar-refractivity contribution is 6.06. The topological polar surface area (TPSA) is 99.6 Å². The monoisotopic (exact) mass is 509 g/mol. The summed E-state index contributed by atoms with van der Waals surface area (Å²) in [4.78, 5) is 47.2. The second-order valence-corrected chi connectivity index (χ2v) is 10.3. The van der Waals surface area contributed by atoms with Gasteiger partial charge in [-0.1, -0.05) is 31.2 Å². The first-order valence-corrected chi connectivity index (χ1v) is 13.0. The maximum Gasteiger partial charge on any atom is 0.253 e. The molecule has 37 heavy (non-hydrogen) atoms. The number of aliphatic hydroxyl groups is 1. The van der Waals surface area contributed by atoms with Crippen molar-refractivity contribution in [2.45, 2.75) is 43.9 Å². The number of carbonyl (C=O) groups is 3. The van der Waals surface area contributed by atoms with Crippen molar-refractivity contribution < 1.29 is 29.0 Å². The zero-order valence-corrected chi connectivity index (χ0v) is 21.6. The fraction of sp³-hybridized carbons (Fsp3) is 0.536. The molecule has 1 aromatic carbocycles. The molecule has 0 aliphatic carbocycles. The van der Waals surface area contributed by atoms with Crippen LogP contribution in [-0.2, 0) is 19.1 Å². The van der Waals surface area contributed by atoms with E-state index in [1.54, 1.807) is 29.0 Å². The van der Waals surface area contributed by atoms with Crippen molar-refractivity contribution in [3.05, 3.63) is 48.6 Å². The number of hydrogen-bond acceptors (Lipinski definition) is 6. The number of methoxy groups -OCH3 is 1. The van der Waals surface area contributed by atoms with E-state index < -0.39 is 29.1 Å². The Bertz CT molecular complexity index is 1130. The molecule has 4 aliphatic heterocycles. The third-order valence-corrected chi connectivity index (χ3v) is 8.08. The number of ether oxygens (including phenoxy) is 2. The Balaban J connectivity index is 1.60. The molecule has 2 fully saturated rings. The lowest BCUT2D eigenvalue weighted by atomic mass is 9.74. The minimum Gasteiger partial charge on any atom is -0.497 e. The third kappa shape index (κ3) is 3.87. The van der Waals surface area contributed by atoms with E-state index in [0.717, 1.165) is 6.42 Å². The first-order chi connectivity index (χ1) is 17.8. The average molecular weight is 510 g/mol. The molecule has 4 aliphatic rings. The molecule has 1 unspecified atom stereocenters. The van der Waals surface area contributed by atoms with Crippen molar-refractivity contribution in [2.75, 3.05) is 44.8 Å². The van der Waals surface area contributed by atoms with E-state index in [0.29, 0.717) is 37.5 Å². The molecule has 2 saturated heterocycles. The lowest BCUT2D eigenvalue weighted by molar-refractivity contribution is -0.148. The van der Waals surface area contributed by atoms with Crippen LogP contribution >= 0.6 is 0 Å². The number of amides is 3. The largest absolute Gasteiger partial charge is 0.497 e. The molecule has 9 heteroatoms. The van der Waals surface area contributed by atoms with Crippen molar-refractivity contribution in [2.24, 2.45) is 11.8 Å². The minimum absolute atomic E-state index is 0.117. The Morgan fingerprint density at radius 3 is 2.41 bits per heavy atom. The van der Waals surface area contributed by atoms with Crippen LogP contribution in [0.1, 0.15) is 26.7 Å². The summed E-state index contributed by atoms with van der Waals surface area (Å²) in [6.45, 7) is 5.30. The molecule has 1 aromatic rings. The number of aliphatic hydroxyl groups excluding tert-OH is 1. The van der Waals surface area contributed by atoms with E-state index in [9.17, 15) is 19.5 Å². The van der Waals surface area contributed by atoms with Crippen molar-refractivity contribution in [3.8, 4) is 5.75 Å². The lowest BCUT2D eigenvalue weighted by Crippen LogP contribution is -2.56. The molecule has 0 saturated carbocycles. The Hall–Kier alpha value is -3.17. The Kier molecular flexibility index (Phi) is 6.62. The van der Waals surface area contributed by atoms with E-state index in [2.05, 4.69) is 0 Å². The van der Waals surface area contributed by atoms with Gasteiger partial charge >= 0.3 is 0 Å². The zero-order valence-electron chi connectivity index (χ0n) is 21.6. The van der Waals surface area contributed by atoms with Crippen LogP contribution in [0.25, 0.3) is 0 Å². The maximum absolute atomic E-state index is 14.3. The number of rotatable bonds is 7. The molecule has 3 amide bonds. The molecule has 1 N–H and O–H groups in total. The van der Waals surface area contributed by atoms with Gasteiger partial charge in [-0.15, -0.1) is 0 Å². The van der Waals surface area contributed by atoms with Gasteiger partial charge in [0.1, 0.15) is 17.4 Å². The SMILES string of the molecule is CCCN1CC=C[C@@]2(C)O[C@]34C=CCN(c5ccc(OC)cc5)C(=O)C3N(CCCO)C(=O)[C@@H]4[C@H]2C1=O. The first-order valence-electron chi connectivity index (χ1n) is 13.0. The summed E-state index contributed by atoms with van der Waals surface area (Å²) in [5.41, 5.74) is -1.64. The van der Waals surface area contributed by atoms with Crippen LogP contribution in [0.2, 0.25) is 0 Å². The van der Waals surface area contributed by atoms with Gasteiger partial charge in [-0.25, -0.2) is 0 Å². The van der Waals surface area contributed by atoms with Crippen LogP contribution in [0.3, 0.4) is 0 Å². The number of hydrogen-bond donors (Lipinski definition) is 1.